The molecule has 224 valence electrons. The van der Waals surface area contributed by atoms with Crippen molar-refractivity contribution in [2.75, 3.05) is 18.1 Å². The van der Waals surface area contributed by atoms with Crippen LogP contribution in [0.25, 0.3) is 6.08 Å². The molecule has 0 N–H and O–H groups in total. The van der Waals surface area contributed by atoms with Crippen LogP contribution in [0.3, 0.4) is 0 Å². The van der Waals surface area contributed by atoms with E-state index in [4.69, 9.17) is 9.47 Å². The molecule has 0 unspecified atom stereocenters. The zero-order valence-corrected chi connectivity index (χ0v) is 25.2. The number of hydrogen-bond acceptors (Lipinski definition) is 5. The van der Waals surface area contributed by atoms with Crippen LogP contribution in [0.5, 0.6) is 11.5 Å². The van der Waals surface area contributed by atoms with Gasteiger partial charge in [-0.25, -0.2) is 8.78 Å². The van der Waals surface area contributed by atoms with Crippen LogP contribution in [0, 0.1) is 11.6 Å². The van der Waals surface area contributed by atoms with E-state index in [9.17, 15) is 18.4 Å². The highest BCUT2D eigenvalue weighted by molar-refractivity contribution is 6.41. The summed E-state index contributed by atoms with van der Waals surface area (Å²) in [5.41, 5.74) is 4.78. The van der Waals surface area contributed by atoms with E-state index >= 15 is 0 Å². The molecule has 6 rings (SSSR count). The van der Waals surface area contributed by atoms with Gasteiger partial charge in [0.05, 0.1) is 35.8 Å². The fourth-order valence-electron chi connectivity index (χ4n) is 6.05. The van der Waals surface area contributed by atoms with Crippen molar-refractivity contribution in [1.29, 1.82) is 0 Å². The SMILES string of the molecule is CCCOc1cc(N2c3ccccc3C(C)(C)c3ccccc32)c(OCCC)cc1C=C1C(=O)c2cc(F)c(F)cc2C1=O. The Bertz CT molecular complexity index is 1750. The number of fused-ring (bicyclic) bond motifs is 3. The highest BCUT2D eigenvalue weighted by Crippen LogP contribution is 2.54. The number of rotatable bonds is 8. The van der Waals surface area contributed by atoms with E-state index in [-0.39, 0.29) is 22.1 Å². The summed E-state index contributed by atoms with van der Waals surface area (Å²) >= 11 is 0. The monoisotopic (exact) mass is 593 g/mol. The number of ether oxygens (including phenoxy) is 2. The first kappa shape index (κ1) is 29.3. The van der Waals surface area contributed by atoms with E-state index in [1.54, 1.807) is 6.07 Å². The van der Waals surface area contributed by atoms with Crippen molar-refractivity contribution in [2.24, 2.45) is 0 Å². The van der Waals surface area contributed by atoms with E-state index in [0.29, 0.717) is 30.3 Å². The Morgan fingerprint density at radius 2 is 1.20 bits per heavy atom. The molecule has 0 aromatic heterocycles. The molecule has 0 bridgehead atoms. The van der Waals surface area contributed by atoms with Gasteiger partial charge in [-0.3, -0.25) is 9.59 Å². The van der Waals surface area contributed by atoms with Gasteiger partial charge in [0, 0.05) is 28.2 Å². The van der Waals surface area contributed by atoms with Gasteiger partial charge < -0.3 is 14.4 Å². The Labute approximate surface area is 255 Å². The second-order valence-corrected chi connectivity index (χ2v) is 11.6. The van der Waals surface area contributed by atoms with Gasteiger partial charge in [0.25, 0.3) is 0 Å². The molecule has 0 fully saturated rings. The van der Waals surface area contributed by atoms with Crippen LogP contribution >= 0.6 is 0 Å². The fraction of sp³-hybridized carbons (Fsp3) is 0.243. The van der Waals surface area contributed by atoms with Gasteiger partial charge in [-0.1, -0.05) is 64.1 Å². The van der Waals surface area contributed by atoms with Crippen LogP contribution in [0.15, 0.2) is 78.4 Å². The smallest absolute Gasteiger partial charge is 0.197 e. The maximum atomic E-state index is 14.0. The number of anilines is 3. The highest BCUT2D eigenvalue weighted by atomic mass is 19.2. The first-order chi connectivity index (χ1) is 21.2. The minimum absolute atomic E-state index is 0.153. The predicted molar refractivity (Wildman–Crippen MR) is 168 cm³/mol. The first-order valence-corrected chi connectivity index (χ1v) is 14.9. The zero-order valence-electron chi connectivity index (χ0n) is 25.2. The van der Waals surface area contributed by atoms with Gasteiger partial charge >= 0.3 is 0 Å². The lowest BCUT2D eigenvalue weighted by Gasteiger charge is -2.42. The molecule has 0 spiro atoms. The minimum Gasteiger partial charge on any atom is -0.493 e. The second kappa shape index (κ2) is 11.4. The third-order valence-corrected chi connectivity index (χ3v) is 8.23. The number of carbonyl (C=O) groups is 2. The number of allylic oxidation sites excluding steroid dienone is 1. The van der Waals surface area contributed by atoms with Crippen LogP contribution in [0.4, 0.5) is 25.8 Å². The number of para-hydroxylation sites is 2. The molecule has 7 heteroatoms. The molecular weight excluding hydrogens is 560 g/mol. The van der Waals surface area contributed by atoms with Crippen LogP contribution in [-0.4, -0.2) is 24.8 Å². The topological polar surface area (TPSA) is 55.8 Å². The number of Topliss-reactive ketones (excluding diaryl/α,β-unsaturated/α-hetero) is 2. The van der Waals surface area contributed by atoms with E-state index in [1.165, 1.54) is 6.08 Å². The Hall–Kier alpha value is -4.78. The Kier molecular flexibility index (Phi) is 7.58. The molecule has 0 saturated heterocycles. The molecule has 44 heavy (non-hydrogen) atoms. The number of halogens is 2. The Balaban J connectivity index is 1.56. The summed E-state index contributed by atoms with van der Waals surface area (Å²) in [5.74, 6) is -2.68. The maximum absolute atomic E-state index is 14.0. The van der Waals surface area contributed by atoms with Crippen LogP contribution in [0.2, 0.25) is 0 Å². The van der Waals surface area contributed by atoms with Crippen LogP contribution in [-0.2, 0) is 5.41 Å². The van der Waals surface area contributed by atoms with E-state index in [1.807, 2.05) is 44.2 Å². The molecule has 1 heterocycles. The van der Waals surface area contributed by atoms with Gasteiger partial charge in [0.15, 0.2) is 23.2 Å². The van der Waals surface area contributed by atoms with E-state index in [0.717, 1.165) is 53.2 Å². The Morgan fingerprint density at radius 3 is 1.73 bits per heavy atom. The number of ketones is 2. The van der Waals surface area contributed by atoms with Crippen molar-refractivity contribution in [1.82, 2.24) is 0 Å². The molecule has 0 saturated carbocycles. The largest absolute Gasteiger partial charge is 0.493 e. The average Bonchev–Trinajstić information content (AvgIpc) is 3.24. The summed E-state index contributed by atoms with van der Waals surface area (Å²) < 4.78 is 40.5. The lowest BCUT2D eigenvalue weighted by molar-refractivity contribution is 0.0990. The maximum Gasteiger partial charge on any atom is 0.197 e. The number of carbonyl (C=O) groups excluding carboxylic acids is 2. The van der Waals surface area contributed by atoms with Crippen LogP contribution < -0.4 is 14.4 Å². The number of nitrogens with zero attached hydrogens (tertiary/aromatic N) is 1. The van der Waals surface area contributed by atoms with Gasteiger partial charge in [-0.2, -0.15) is 0 Å². The molecule has 0 amide bonds. The molecular formula is C37H33F2NO4. The molecule has 0 atom stereocenters. The minimum atomic E-state index is -1.18. The van der Waals surface area contributed by atoms with Crippen molar-refractivity contribution in [3.05, 3.63) is 118 Å². The molecule has 2 aliphatic rings. The lowest BCUT2D eigenvalue weighted by atomic mass is 9.73. The lowest BCUT2D eigenvalue weighted by Crippen LogP contribution is -2.30. The van der Waals surface area contributed by atoms with Gasteiger partial charge in [0.1, 0.15) is 11.5 Å². The van der Waals surface area contributed by atoms with Gasteiger partial charge in [-0.15, -0.1) is 0 Å². The summed E-state index contributed by atoms with van der Waals surface area (Å²) in [6.07, 6.45) is 2.92. The van der Waals surface area contributed by atoms with Crippen molar-refractivity contribution < 1.29 is 27.8 Å². The Morgan fingerprint density at radius 1 is 0.705 bits per heavy atom. The average molecular weight is 594 g/mol. The van der Waals surface area contributed by atoms with E-state index < -0.39 is 23.2 Å². The van der Waals surface area contributed by atoms with Crippen LogP contribution in [0.1, 0.15) is 77.9 Å². The number of hydrogen-bond donors (Lipinski definition) is 0. The third-order valence-electron chi connectivity index (χ3n) is 8.23. The molecule has 4 aromatic carbocycles. The summed E-state index contributed by atoms with van der Waals surface area (Å²) in [5, 5.41) is 0. The zero-order chi connectivity index (χ0) is 31.2. The summed E-state index contributed by atoms with van der Waals surface area (Å²) in [4.78, 5) is 28.7. The van der Waals surface area contributed by atoms with Gasteiger partial charge in [-0.05, 0) is 60.4 Å². The van der Waals surface area contributed by atoms with Crippen molar-refractivity contribution >= 4 is 34.7 Å². The van der Waals surface area contributed by atoms with Crippen molar-refractivity contribution in [2.45, 2.75) is 46.0 Å². The predicted octanol–water partition coefficient (Wildman–Crippen LogP) is 9.11. The van der Waals surface area contributed by atoms with Crippen molar-refractivity contribution in [3.63, 3.8) is 0 Å². The molecule has 0 radical (unpaired) electrons. The second-order valence-electron chi connectivity index (χ2n) is 11.6. The standard InChI is InChI=1S/C37H33F2NO4/c1-5-15-43-33-21-32(40-30-13-9-7-11-26(30)37(3,4)27-12-8-10-14-31(27)40)34(44-16-6-2)18-22(33)17-25-35(41)23-19-28(38)29(39)20-24(23)36(25)42/h7-14,17-21H,5-6,15-16H2,1-4H3. The molecule has 1 aliphatic heterocycles. The summed E-state index contributed by atoms with van der Waals surface area (Å²) in [6, 6.07) is 21.8. The summed E-state index contributed by atoms with van der Waals surface area (Å²) in [7, 11) is 0. The third kappa shape index (κ3) is 4.77. The fourth-order valence-corrected chi connectivity index (χ4v) is 6.05. The van der Waals surface area contributed by atoms with Gasteiger partial charge in [0.2, 0.25) is 0 Å². The molecule has 4 aromatic rings. The summed E-state index contributed by atoms with van der Waals surface area (Å²) in [6.45, 7) is 9.26. The highest BCUT2D eigenvalue weighted by Gasteiger charge is 2.38. The number of benzene rings is 4. The normalized spacial score (nSPS) is 14.7. The quantitative estimate of drug-likeness (QED) is 0.151. The van der Waals surface area contributed by atoms with Crippen molar-refractivity contribution in [3.8, 4) is 11.5 Å². The first-order valence-electron chi connectivity index (χ1n) is 14.9. The molecule has 5 nitrogen and oxygen atoms in total. The van der Waals surface area contributed by atoms with E-state index in [2.05, 4.69) is 43.0 Å². The molecule has 1 aliphatic carbocycles.